The zero-order chi connectivity index (χ0) is 23.5. The summed E-state index contributed by atoms with van der Waals surface area (Å²) in [6.07, 6.45) is 0.564. The van der Waals surface area contributed by atoms with E-state index in [0.29, 0.717) is 31.2 Å². The van der Waals surface area contributed by atoms with Gasteiger partial charge in [0.15, 0.2) is 0 Å². The Labute approximate surface area is 196 Å². The number of aryl methyl sites for hydroxylation is 1. The molecule has 1 atom stereocenters. The van der Waals surface area contributed by atoms with Crippen LogP contribution in [0.25, 0.3) is 0 Å². The highest BCUT2D eigenvalue weighted by Crippen LogP contribution is 2.20. The van der Waals surface area contributed by atoms with Crippen LogP contribution in [0.1, 0.15) is 43.9 Å². The van der Waals surface area contributed by atoms with E-state index in [1.165, 1.54) is 11.1 Å². The first kappa shape index (κ1) is 25.8. The van der Waals surface area contributed by atoms with Crippen LogP contribution in [-0.4, -0.2) is 42.2 Å². The van der Waals surface area contributed by atoms with E-state index < -0.39 is 6.04 Å². The molecule has 5 nitrogen and oxygen atoms in total. The molecular formula is C26H36N2O3S. The Kier molecular flexibility index (Phi) is 10.6. The topological polar surface area (TPSA) is 58.6 Å². The van der Waals surface area contributed by atoms with Gasteiger partial charge in [0.1, 0.15) is 11.8 Å². The summed E-state index contributed by atoms with van der Waals surface area (Å²) in [5.74, 6) is 2.11. The van der Waals surface area contributed by atoms with E-state index in [9.17, 15) is 9.59 Å². The Bertz CT molecular complexity index is 868. The van der Waals surface area contributed by atoms with E-state index >= 15 is 0 Å². The van der Waals surface area contributed by atoms with Gasteiger partial charge >= 0.3 is 0 Å². The molecule has 0 aliphatic heterocycles. The zero-order valence-corrected chi connectivity index (χ0v) is 20.7. The van der Waals surface area contributed by atoms with Gasteiger partial charge in [-0.3, -0.25) is 9.59 Å². The Morgan fingerprint density at radius 1 is 1.09 bits per heavy atom. The van der Waals surface area contributed by atoms with Crippen molar-refractivity contribution in [2.45, 2.75) is 52.5 Å². The zero-order valence-electron chi connectivity index (χ0n) is 19.9. The summed E-state index contributed by atoms with van der Waals surface area (Å²) < 4.78 is 5.24. The van der Waals surface area contributed by atoms with Crippen molar-refractivity contribution in [3.05, 3.63) is 65.2 Å². The number of hydrogen-bond acceptors (Lipinski definition) is 4. The summed E-state index contributed by atoms with van der Waals surface area (Å²) in [5, 5.41) is 3.00. The molecule has 0 spiro atoms. The van der Waals surface area contributed by atoms with Crippen molar-refractivity contribution >= 4 is 23.6 Å². The molecule has 174 valence electrons. The SMILES string of the molecule is CCC(C(=O)NCC(C)C)N(Cc1ccc(OC)cc1)C(=O)CSCc1ccccc1C. The van der Waals surface area contributed by atoms with Gasteiger partial charge in [0.05, 0.1) is 12.9 Å². The van der Waals surface area contributed by atoms with Gasteiger partial charge in [-0.25, -0.2) is 0 Å². The number of nitrogens with one attached hydrogen (secondary N) is 1. The molecule has 0 saturated heterocycles. The second kappa shape index (κ2) is 13.2. The molecule has 32 heavy (non-hydrogen) atoms. The predicted molar refractivity (Wildman–Crippen MR) is 133 cm³/mol. The number of amides is 2. The number of thioether (sulfide) groups is 1. The maximum absolute atomic E-state index is 13.3. The standard InChI is InChI=1S/C26H36N2O3S/c1-6-24(26(30)27-15-19(2)3)28(16-21-11-13-23(31-5)14-12-21)25(29)18-32-17-22-10-8-7-9-20(22)4/h7-14,19,24H,6,15-18H2,1-5H3,(H,27,30). The van der Waals surface area contributed by atoms with Crippen molar-refractivity contribution in [3.8, 4) is 5.75 Å². The highest BCUT2D eigenvalue weighted by molar-refractivity contribution is 7.99. The fourth-order valence-corrected chi connectivity index (χ4v) is 4.36. The smallest absolute Gasteiger partial charge is 0.242 e. The minimum absolute atomic E-state index is 0.0223. The Hall–Kier alpha value is -2.47. The van der Waals surface area contributed by atoms with E-state index in [1.54, 1.807) is 23.8 Å². The molecule has 0 saturated carbocycles. The molecule has 2 amide bonds. The molecular weight excluding hydrogens is 420 g/mol. The highest BCUT2D eigenvalue weighted by Gasteiger charge is 2.28. The number of nitrogens with zero attached hydrogens (tertiary/aromatic N) is 1. The number of benzene rings is 2. The molecule has 0 heterocycles. The van der Waals surface area contributed by atoms with E-state index in [2.05, 4.69) is 38.2 Å². The van der Waals surface area contributed by atoms with Crippen LogP contribution in [0.4, 0.5) is 0 Å². The summed E-state index contributed by atoms with van der Waals surface area (Å²) in [7, 11) is 1.63. The van der Waals surface area contributed by atoms with Gasteiger partial charge in [-0.05, 0) is 48.1 Å². The lowest BCUT2D eigenvalue weighted by Crippen LogP contribution is -2.50. The molecule has 2 aromatic rings. The van der Waals surface area contributed by atoms with Crippen molar-refractivity contribution in [3.63, 3.8) is 0 Å². The van der Waals surface area contributed by atoms with E-state index in [0.717, 1.165) is 17.1 Å². The predicted octanol–water partition coefficient (Wildman–Crippen LogP) is 4.82. The monoisotopic (exact) mass is 456 g/mol. The largest absolute Gasteiger partial charge is 0.497 e. The van der Waals surface area contributed by atoms with Crippen LogP contribution in [0.5, 0.6) is 5.75 Å². The minimum Gasteiger partial charge on any atom is -0.497 e. The number of carbonyl (C=O) groups excluding carboxylic acids is 2. The first-order valence-corrected chi connectivity index (χ1v) is 12.3. The van der Waals surface area contributed by atoms with Gasteiger partial charge in [-0.15, -0.1) is 11.8 Å². The summed E-state index contributed by atoms with van der Waals surface area (Å²) in [6.45, 7) is 9.14. The van der Waals surface area contributed by atoms with E-state index in [4.69, 9.17) is 4.74 Å². The van der Waals surface area contributed by atoms with Crippen LogP contribution in [0.15, 0.2) is 48.5 Å². The third-order valence-electron chi connectivity index (χ3n) is 5.33. The number of carbonyl (C=O) groups is 2. The van der Waals surface area contributed by atoms with Crippen LogP contribution < -0.4 is 10.1 Å². The molecule has 2 rings (SSSR count). The third-order valence-corrected chi connectivity index (χ3v) is 6.29. The van der Waals surface area contributed by atoms with Crippen LogP contribution in [-0.2, 0) is 21.9 Å². The molecule has 0 aromatic heterocycles. The second-order valence-corrected chi connectivity index (χ2v) is 9.34. The summed E-state index contributed by atoms with van der Waals surface area (Å²) in [4.78, 5) is 27.9. The van der Waals surface area contributed by atoms with Gasteiger partial charge in [0.2, 0.25) is 11.8 Å². The van der Waals surface area contributed by atoms with Gasteiger partial charge in [0, 0.05) is 18.8 Å². The Morgan fingerprint density at radius 2 is 1.78 bits per heavy atom. The van der Waals surface area contributed by atoms with Gasteiger partial charge < -0.3 is 15.0 Å². The van der Waals surface area contributed by atoms with Crippen molar-refractivity contribution in [1.82, 2.24) is 10.2 Å². The van der Waals surface area contributed by atoms with Crippen LogP contribution in [0.3, 0.4) is 0 Å². The number of ether oxygens (including phenoxy) is 1. The molecule has 6 heteroatoms. The average Bonchev–Trinajstić information content (AvgIpc) is 2.79. The summed E-state index contributed by atoms with van der Waals surface area (Å²) in [5.41, 5.74) is 3.42. The molecule has 1 unspecified atom stereocenters. The van der Waals surface area contributed by atoms with Gasteiger partial charge in [0.25, 0.3) is 0 Å². The lowest BCUT2D eigenvalue weighted by atomic mass is 10.1. The highest BCUT2D eigenvalue weighted by atomic mass is 32.2. The van der Waals surface area contributed by atoms with Crippen LogP contribution in [0, 0.1) is 12.8 Å². The lowest BCUT2D eigenvalue weighted by molar-refractivity contribution is -0.139. The Balaban J connectivity index is 2.13. The van der Waals surface area contributed by atoms with Crippen LogP contribution in [0.2, 0.25) is 0 Å². The fourth-order valence-electron chi connectivity index (χ4n) is 3.37. The van der Waals surface area contributed by atoms with E-state index in [-0.39, 0.29) is 11.8 Å². The number of hydrogen-bond donors (Lipinski definition) is 1. The van der Waals surface area contributed by atoms with Crippen molar-refractivity contribution < 1.29 is 14.3 Å². The molecule has 0 radical (unpaired) electrons. The molecule has 0 aliphatic carbocycles. The minimum atomic E-state index is -0.498. The summed E-state index contributed by atoms with van der Waals surface area (Å²) >= 11 is 1.59. The molecule has 0 fully saturated rings. The summed E-state index contributed by atoms with van der Waals surface area (Å²) in [6, 6.07) is 15.4. The third kappa shape index (κ3) is 7.90. The molecule has 1 N–H and O–H groups in total. The van der Waals surface area contributed by atoms with Gasteiger partial charge in [-0.1, -0.05) is 57.2 Å². The maximum Gasteiger partial charge on any atom is 0.242 e. The van der Waals surface area contributed by atoms with Crippen molar-refractivity contribution in [2.24, 2.45) is 5.92 Å². The quantitative estimate of drug-likeness (QED) is 0.498. The normalized spacial score (nSPS) is 11.8. The van der Waals surface area contributed by atoms with Crippen LogP contribution >= 0.6 is 11.8 Å². The molecule has 2 aromatic carbocycles. The average molecular weight is 457 g/mol. The van der Waals surface area contributed by atoms with E-state index in [1.807, 2.05) is 43.3 Å². The Morgan fingerprint density at radius 3 is 2.38 bits per heavy atom. The fraction of sp³-hybridized carbons (Fsp3) is 0.462. The number of rotatable bonds is 12. The molecule has 0 aliphatic rings. The second-order valence-electron chi connectivity index (χ2n) is 8.35. The maximum atomic E-state index is 13.3. The van der Waals surface area contributed by atoms with Gasteiger partial charge in [-0.2, -0.15) is 0 Å². The van der Waals surface area contributed by atoms with Crippen molar-refractivity contribution in [2.75, 3.05) is 19.4 Å². The lowest BCUT2D eigenvalue weighted by Gasteiger charge is -2.31. The molecule has 0 bridgehead atoms. The first-order chi connectivity index (χ1) is 15.3. The first-order valence-electron chi connectivity index (χ1n) is 11.2. The van der Waals surface area contributed by atoms with Crippen molar-refractivity contribution in [1.29, 1.82) is 0 Å². The number of methoxy groups -OCH3 is 1.